The second-order valence-electron chi connectivity index (χ2n) is 6.63. The summed E-state index contributed by atoms with van der Waals surface area (Å²) in [6, 6.07) is 13.0. The Balaban J connectivity index is 1.61. The predicted octanol–water partition coefficient (Wildman–Crippen LogP) is 3.87. The molecule has 3 aromatic rings. The van der Waals surface area contributed by atoms with E-state index in [-0.39, 0.29) is 4.90 Å². The van der Waals surface area contributed by atoms with Gasteiger partial charge in [-0.25, -0.2) is 8.42 Å². The van der Waals surface area contributed by atoms with Gasteiger partial charge in [0.15, 0.2) is 0 Å². The fraction of sp³-hybridized carbons (Fsp3) is 0.263. The molecule has 1 atom stereocenters. The molecule has 0 spiro atoms. The lowest BCUT2D eigenvalue weighted by Crippen LogP contribution is -2.23. The summed E-state index contributed by atoms with van der Waals surface area (Å²) in [6.07, 6.45) is 5.38. The van der Waals surface area contributed by atoms with Crippen molar-refractivity contribution in [2.24, 2.45) is 0 Å². The Hall–Kier alpha value is -1.58. The average Bonchev–Trinajstić information content (AvgIpc) is 3.26. The molecule has 5 nitrogen and oxygen atoms in total. The highest BCUT2D eigenvalue weighted by Gasteiger charge is 2.18. The van der Waals surface area contributed by atoms with Gasteiger partial charge in [-0.15, -0.1) is 0 Å². The van der Waals surface area contributed by atoms with Crippen molar-refractivity contribution in [3.63, 3.8) is 0 Å². The molecule has 7 heteroatoms. The van der Waals surface area contributed by atoms with Gasteiger partial charge in [0.25, 0.3) is 10.0 Å². The van der Waals surface area contributed by atoms with E-state index in [1.165, 1.54) is 18.4 Å². The monoisotopic (exact) mass is 481 g/mol. The molecule has 1 aliphatic heterocycles. The number of aromatic amines is 1. The lowest BCUT2D eigenvalue weighted by atomic mass is 10.0. The molecule has 0 bridgehead atoms. The number of nitrogens with one attached hydrogen (secondary N) is 3. The van der Waals surface area contributed by atoms with Gasteiger partial charge in [0, 0.05) is 32.4 Å². The second-order valence-corrected chi connectivity index (χ2v) is 9.56. The van der Waals surface area contributed by atoms with E-state index >= 15 is 0 Å². The molecule has 1 saturated heterocycles. The molecular formula is C19H20IN3O2S. The van der Waals surface area contributed by atoms with Crippen molar-refractivity contribution < 1.29 is 8.42 Å². The fourth-order valence-corrected chi connectivity index (χ4v) is 4.84. The lowest BCUT2D eigenvalue weighted by molar-refractivity contribution is 0.601. The summed E-state index contributed by atoms with van der Waals surface area (Å²) in [5.41, 5.74) is 2.82. The summed E-state index contributed by atoms with van der Waals surface area (Å²) in [7, 11) is -3.59. The topological polar surface area (TPSA) is 74.0 Å². The lowest BCUT2D eigenvalue weighted by Gasteiger charge is -2.11. The highest BCUT2D eigenvalue weighted by Crippen LogP contribution is 2.26. The SMILES string of the molecule is O=S(=O)(Nc1ccc2[nH]cc(C[C@H]3CCCN3)c2c1)c1ccc(I)cc1. The van der Waals surface area contributed by atoms with E-state index in [1.54, 1.807) is 30.3 Å². The van der Waals surface area contributed by atoms with Crippen LogP contribution in [-0.4, -0.2) is 26.0 Å². The van der Waals surface area contributed by atoms with Crippen LogP contribution < -0.4 is 10.0 Å². The number of fused-ring (bicyclic) bond motifs is 1. The van der Waals surface area contributed by atoms with Crippen LogP contribution >= 0.6 is 22.6 Å². The van der Waals surface area contributed by atoms with Crippen molar-refractivity contribution in [2.45, 2.75) is 30.2 Å². The molecule has 1 fully saturated rings. The van der Waals surface area contributed by atoms with Gasteiger partial charge in [0.1, 0.15) is 0 Å². The maximum Gasteiger partial charge on any atom is 0.261 e. The van der Waals surface area contributed by atoms with Crippen LogP contribution in [0.3, 0.4) is 0 Å². The number of hydrogen-bond donors (Lipinski definition) is 3. The van der Waals surface area contributed by atoms with Gasteiger partial charge in [-0.3, -0.25) is 4.72 Å². The Morgan fingerprint density at radius 2 is 1.96 bits per heavy atom. The Kier molecular flexibility index (Phi) is 4.94. The zero-order valence-corrected chi connectivity index (χ0v) is 17.1. The molecule has 2 heterocycles. The molecule has 26 heavy (non-hydrogen) atoms. The quantitative estimate of drug-likeness (QED) is 0.485. The van der Waals surface area contributed by atoms with Gasteiger partial charge in [-0.1, -0.05) is 0 Å². The number of halogens is 1. The average molecular weight is 481 g/mol. The van der Waals surface area contributed by atoms with Crippen LogP contribution in [-0.2, 0) is 16.4 Å². The maximum absolute atomic E-state index is 12.6. The first-order valence-corrected chi connectivity index (χ1v) is 11.2. The summed E-state index contributed by atoms with van der Waals surface area (Å²) in [4.78, 5) is 3.55. The summed E-state index contributed by atoms with van der Waals surface area (Å²) in [5.74, 6) is 0. The first-order chi connectivity index (χ1) is 12.5. The standard InChI is InChI=1S/C19H20IN3O2S/c20-14-3-6-17(7-4-14)26(24,25)23-16-5-8-19-18(11-16)13(12-22-19)10-15-2-1-9-21-15/h3-8,11-12,15,21-23H,1-2,9-10H2/t15-/m1/s1. The molecule has 0 aliphatic carbocycles. The summed E-state index contributed by atoms with van der Waals surface area (Å²) in [6.45, 7) is 1.08. The van der Waals surface area contributed by atoms with Gasteiger partial charge in [0.05, 0.1) is 4.90 Å². The smallest absolute Gasteiger partial charge is 0.261 e. The Labute approximate surface area is 166 Å². The molecule has 4 rings (SSSR count). The summed E-state index contributed by atoms with van der Waals surface area (Å²) >= 11 is 2.16. The summed E-state index contributed by atoms with van der Waals surface area (Å²) < 4.78 is 28.9. The Morgan fingerprint density at radius 1 is 1.15 bits per heavy atom. The first kappa shape index (κ1) is 17.8. The molecule has 136 valence electrons. The minimum absolute atomic E-state index is 0.266. The van der Waals surface area contributed by atoms with E-state index in [1.807, 2.05) is 18.3 Å². The van der Waals surface area contributed by atoms with Crippen LogP contribution in [0, 0.1) is 3.57 Å². The zero-order chi connectivity index (χ0) is 18.1. The maximum atomic E-state index is 12.6. The van der Waals surface area contributed by atoms with Gasteiger partial charge in [-0.05, 0) is 96.4 Å². The highest BCUT2D eigenvalue weighted by molar-refractivity contribution is 14.1. The molecule has 1 aromatic heterocycles. The van der Waals surface area contributed by atoms with Gasteiger partial charge in [-0.2, -0.15) is 0 Å². The number of aromatic nitrogens is 1. The van der Waals surface area contributed by atoms with Crippen molar-refractivity contribution in [1.82, 2.24) is 10.3 Å². The van der Waals surface area contributed by atoms with Gasteiger partial charge >= 0.3 is 0 Å². The normalized spacial score (nSPS) is 17.7. The van der Waals surface area contributed by atoms with E-state index in [2.05, 4.69) is 37.6 Å². The predicted molar refractivity (Wildman–Crippen MR) is 113 cm³/mol. The van der Waals surface area contributed by atoms with Crippen molar-refractivity contribution >= 4 is 49.2 Å². The van der Waals surface area contributed by atoms with Crippen LogP contribution in [0.2, 0.25) is 0 Å². The molecule has 2 aromatic carbocycles. The van der Waals surface area contributed by atoms with Crippen LogP contribution in [0.4, 0.5) is 5.69 Å². The molecule has 0 saturated carbocycles. The van der Waals surface area contributed by atoms with E-state index in [0.717, 1.165) is 27.4 Å². The van der Waals surface area contributed by atoms with Crippen LogP contribution in [0.1, 0.15) is 18.4 Å². The fourth-order valence-electron chi connectivity index (χ4n) is 3.44. The summed E-state index contributed by atoms with van der Waals surface area (Å²) in [5, 5.41) is 4.58. The van der Waals surface area contributed by atoms with Crippen molar-refractivity contribution in [2.75, 3.05) is 11.3 Å². The number of rotatable bonds is 5. The Morgan fingerprint density at radius 3 is 2.69 bits per heavy atom. The highest BCUT2D eigenvalue weighted by atomic mass is 127. The Bertz CT molecular complexity index is 1020. The van der Waals surface area contributed by atoms with Crippen molar-refractivity contribution in [1.29, 1.82) is 0 Å². The largest absolute Gasteiger partial charge is 0.361 e. The van der Waals surface area contributed by atoms with Gasteiger partial charge in [0.2, 0.25) is 0 Å². The molecule has 3 N–H and O–H groups in total. The zero-order valence-electron chi connectivity index (χ0n) is 14.1. The molecule has 0 unspecified atom stereocenters. The van der Waals surface area contributed by atoms with E-state index in [4.69, 9.17) is 0 Å². The van der Waals surface area contributed by atoms with E-state index < -0.39 is 10.0 Å². The second kappa shape index (κ2) is 7.21. The van der Waals surface area contributed by atoms with Crippen LogP contribution in [0.15, 0.2) is 53.6 Å². The van der Waals surface area contributed by atoms with Crippen molar-refractivity contribution in [3.8, 4) is 0 Å². The molecule has 0 amide bonds. The number of anilines is 1. The third-order valence-corrected chi connectivity index (χ3v) is 6.89. The molecule has 0 radical (unpaired) electrons. The van der Waals surface area contributed by atoms with Crippen LogP contribution in [0.25, 0.3) is 10.9 Å². The first-order valence-electron chi connectivity index (χ1n) is 8.63. The number of H-pyrrole nitrogens is 1. The van der Waals surface area contributed by atoms with Crippen LogP contribution in [0.5, 0.6) is 0 Å². The number of sulfonamides is 1. The number of benzene rings is 2. The van der Waals surface area contributed by atoms with E-state index in [9.17, 15) is 8.42 Å². The van der Waals surface area contributed by atoms with Crippen molar-refractivity contribution in [3.05, 3.63) is 57.8 Å². The minimum atomic E-state index is -3.59. The van der Waals surface area contributed by atoms with E-state index in [0.29, 0.717) is 11.7 Å². The number of hydrogen-bond acceptors (Lipinski definition) is 3. The third kappa shape index (κ3) is 3.74. The minimum Gasteiger partial charge on any atom is -0.361 e. The molecule has 1 aliphatic rings. The third-order valence-electron chi connectivity index (χ3n) is 4.77. The molecular weight excluding hydrogens is 461 g/mol. The van der Waals surface area contributed by atoms with Gasteiger partial charge < -0.3 is 10.3 Å².